The normalized spacial score (nSPS) is 18.3. The summed E-state index contributed by atoms with van der Waals surface area (Å²) in [4.78, 5) is 24.7. The van der Waals surface area contributed by atoms with Gasteiger partial charge in [-0.1, -0.05) is 39.0 Å². The first kappa shape index (κ1) is 18.7. The molecular weight excluding hydrogens is 338 g/mol. The van der Waals surface area contributed by atoms with Crippen LogP contribution < -0.4 is 10.6 Å². The standard InChI is InChI=1S/C22H23N3O2/c1-22(2,3)15-7-9-16(10-8-15)24-20(26)18-12-19(18)21(27)25-17-6-4-5-14(11-17)13-23/h4-11,18-19H,12H2,1-3H3,(H,24,26)(H,25,27). The van der Waals surface area contributed by atoms with Gasteiger partial charge in [0, 0.05) is 11.4 Å². The molecule has 5 heteroatoms. The van der Waals surface area contributed by atoms with Crippen molar-refractivity contribution < 1.29 is 9.59 Å². The highest BCUT2D eigenvalue weighted by atomic mass is 16.2. The highest BCUT2D eigenvalue weighted by molar-refractivity contribution is 6.03. The van der Waals surface area contributed by atoms with E-state index in [2.05, 4.69) is 31.4 Å². The molecule has 1 saturated carbocycles. The molecule has 0 aliphatic heterocycles. The number of nitriles is 1. The summed E-state index contributed by atoms with van der Waals surface area (Å²) in [7, 11) is 0. The van der Waals surface area contributed by atoms with E-state index in [4.69, 9.17) is 5.26 Å². The molecule has 2 unspecified atom stereocenters. The molecule has 2 N–H and O–H groups in total. The molecule has 1 aliphatic carbocycles. The molecule has 138 valence electrons. The first-order valence-corrected chi connectivity index (χ1v) is 9.00. The van der Waals surface area contributed by atoms with E-state index in [1.165, 1.54) is 5.56 Å². The fraction of sp³-hybridized carbons (Fsp3) is 0.318. The molecular formula is C22H23N3O2. The molecule has 3 rings (SSSR count). The van der Waals surface area contributed by atoms with Gasteiger partial charge in [0.2, 0.25) is 11.8 Å². The Hall–Kier alpha value is -3.13. The fourth-order valence-electron chi connectivity index (χ4n) is 2.96. The van der Waals surface area contributed by atoms with E-state index in [-0.39, 0.29) is 29.1 Å². The molecule has 2 atom stereocenters. The van der Waals surface area contributed by atoms with Crippen LogP contribution in [-0.4, -0.2) is 11.8 Å². The lowest BCUT2D eigenvalue weighted by Crippen LogP contribution is -2.20. The van der Waals surface area contributed by atoms with Crippen molar-refractivity contribution in [1.82, 2.24) is 0 Å². The van der Waals surface area contributed by atoms with Gasteiger partial charge in [-0.25, -0.2) is 0 Å². The van der Waals surface area contributed by atoms with Crippen molar-refractivity contribution >= 4 is 23.2 Å². The molecule has 0 saturated heterocycles. The van der Waals surface area contributed by atoms with E-state index in [0.29, 0.717) is 17.7 Å². The Morgan fingerprint density at radius 1 is 0.963 bits per heavy atom. The van der Waals surface area contributed by atoms with Crippen molar-refractivity contribution in [2.45, 2.75) is 32.6 Å². The van der Waals surface area contributed by atoms with E-state index in [0.717, 1.165) is 5.69 Å². The molecule has 2 aromatic carbocycles. The molecule has 0 spiro atoms. The van der Waals surface area contributed by atoms with E-state index >= 15 is 0 Å². The Balaban J connectivity index is 1.55. The van der Waals surface area contributed by atoms with Gasteiger partial charge in [0.25, 0.3) is 0 Å². The lowest BCUT2D eigenvalue weighted by atomic mass is 9.87. The van der Waals surface area contributed by atoms with Crippen LogP contribution in [0.2, 0.25) is 0 Å². The smallest absolute Gasteiger partial charge is 0.228 e. The molecule has 5 nitrogen and oxygen atoms in total. The van der Waals surface area contributed by atoms with Gasteiger partial charge < -0.3 is 10.6 Å². The Morgan fingerprint density at radius 2 is 1.56 bits per heavy atom. The summed E-state index contributed by atoms with van der Waals surface area (Å²) in [5, 5.41) is 14.6. The maximum absolute atomic E-state index is 12.4. The van der Waals surface area contributed by atoms with Gasteiger partial charge >= 0.3 is 0 Å². The monoisotopic (exact) mass is 361 g/mol. The molecule has 1 aliphatic rings. The highest BCUT2D eigenvalue weighted by Gasteiger charge is 2.48. The summed E-state index contributed by atoms with van der Waals surface area (Å²) in [6.45, 7) is 6.42. The van der Waals surface area contributed by atoms with Crippen molar-refractivity contribution in [2.24, 2.45) is 11.8 Å². The van der Waals surface area contributed by atoms with Crippen LogP contribution in [0.5, 0.6) is 0 Å². The minimum Gasteiger partial charge on any atom is -0.326 e. The van der Waals surface area contributed by atoms with Crippen LogP contribution in [0.4, 0.5) is 11.4 Å². The van der Waals surface area contributed by atoms with Crippen LogP contribution in [-0.2, 0) is 15.0 Å². The zero-order valence-electron chi connectivity index (χ0n) is 15.7. The maximum atomic E-state index is 12.4. The second-order valence-electron chi connectivity index (χ2n) is 7.95. The topological polar surface area (TPSA) is 82.0 Å². The number of rotatable bonds is 4. The predicted molar refractivity (Wildman–Crippen MR) is 105 cm³/mol. The summed E-state index contributed by atoms with van der Waals surface area (Å²) in [5.74, 6) is -0.964. The molecule has 1 fully saturated rings. The van der Waals surface area contributed by atoms with Gasteiger partial charge in [-0.15, -0.1) is 0 Å². The summed E-state index contributed by atoms with van der Waals surface area (Å²) in [5.41, 5.74) is 3.05. The lowest BCUT2D eigenvalue weighted by molar-refractivity contribution is -0.122. The number of carbonyl (C=O) groups is 2. The van der Waals surface area contributed by atoms with Gasteiger partial charge in [-0.05, 0) is 47.7 Å². The van der Waals surface area contributed by atoms with Gasteiger partial charge in [0.1, 0.15) is 0 Å². The number of hydrogen-bond donors (Lipinski definition) is 2. The number of anilines is 2. The Morgan fingerprint density at radius 3 is 2.11 bits per heavy atom. The van der Waals surface area contributed by atoms with Crippen LogP contribution in [0.15, 0.2) is 48.5 Å². The Labute approximate surface area is 159 Å². The van der Waals surface area contributed by atoms with Crippen molar-refractivity contribution in [3.63, 3.8) is 0 Å². The zero-order valence-corrected chi connectivity index (χ0v) is 15.7. The van der Waals surface area contributed by atoms with E-state index in [1.54, 1.807) is 24.3 Å². The number of benzene rings is 2. The van der Waals surface area contributed by atoms with Gasteiger partial charge in [0.15, 0.2) is 0 Å². The molecule has 2 aromatic rings. The van der Waals surface area contributed by atoms with E-state index < -0.39 is 0 Å². The van der Waals surface area contributed by atoms with Crippen LogP contribution in [0.3, 0.4) is 0 Å². The minimum atomic E-state index is -0.329. The molecule has 0 heterocycles. The Bertz CT molecular complexity index is 904. The summed E-state index contributed by atoms with van der Waals surface area (Å²) in [6.07, 6.45) is 0.537. The number of carbonyl (C=O) groups excluding carboxylic acids is 2. The largest absolute Gasteiger partial charge is 0.326 e. The minimum absolute atomic E-state index is 0.0606. The number of nitrogens with zero attached hydrogens (tertiary/aromatic N) is 1. The third-order valence-electron chi connectivity index (χ3n) is 4.74. The predicted octanol–water partition coefficient (Wildman–Crippen LogP) is 4.07. The van der Waals surface area contributed by atoms with Crippen molar-refractivity contribution in [1.29, 1.82) is 5.26 Å². The van der Waals surface area contributed by atoms with Crippen LogP contribution in [0.1, 0.15) is 38.3 Å². The molecule has 0 radical (unpaired) electrons. The van der Waals surface area contributed by atoms with Crippen molar-refractivity contribution in [3.05, 3.63) is 59.7 Å². The highest BCUT2D eigenvalue weighted by Crippen LogP contribution is 2.40. The second kappa shape index (κ2) is 7.24. The number of nitrogens with one attached hydrogen (secondary N) is 2. The third kappa shape index (κ3) is 4.53. The number of amides is 2. The quantitative estimate of drug-likeness (QED) is 0.861. The molecule has 0 aromatic heterocycles. The third-order valence-corrected chi connectivity index (χ3v) is 4.74. The second-order valence-corrected chi connectivity index (χ2v) is 7.95. The van der Waals surface area contributed by atoms with Gasteiger partial charge in [0.05, 0.1) is 23.5 Å². The average Bonchev–Trinajstić information content (AvgIpc) is 3.42. The number of hydrogen-bond acceptors (Lipinski definition) is 3. The van der Waals surface area contributed by atoms with Crippen LogP contribution in [0.25, 0.3) is 0 Å². The first-order chi connectivity index (χ1) is 12.8. The lowest BCUT2D eigenvalue weighted by Gasteiger charge is -2.19. The zero-order chi connectivity index (χ0) is 19.6. The maximum Gasteiger partial charge on any atom is 0.228 e. The first-order valence-electron chi connectivity index (χ1n) is 9.00. The van der Waals surface area contributed by atoms with Crippen molar-refractivity contribution in [3.8, 4) is 6.07 Å². The van der Waals surface area contributed by atoms with Crippen molar-refractivity contribution in [2.75, 3.05) is 10.6 Å². The van der Waals surface area contributed by atoms with Gasteiger partial charge in [-0.2, -0.15) is 5.26 Å². The molecule has 2 amide bonds. The summed E-state index contributed by atoms with van der Waals surface area (Å²) in [6, 6.07) is 16.6. The van der Waals surface area contributed by atoms with Crippen LogP contribution >= 0.6 is 0 Å². The Kier molecular flexibility index (Phi) is 5.00. The van der Waals surface area contributed by atoms with Gasteiger partial charge in [-0.3, -0.25) is 9.59 Å². The molecule has 0 bridgehead atoms. The SMILES string of the molecule is CC(C)(C)c1ccc(NC(=O)C2CC2C(=O)Nc2cccc(C#N)c2)cc1. The van der Waals surface area contributed by atoms with E-state index in [9.17, 15) is 9.59 Å². The summed E-state index contributed by atoms with van der Waals surface area (Å²) >= 11 is 0. The van der Waals surface area contributed by atoms with E-state index in [1.807, 2.05) is 30.3 Å². The summed E-state index contributed by atoms with van der Waals surface area (Å²) < 4.78 is 0. The average molecular weight is 361 g/mol. The van der Waals surface area contributed by atoms with Crippen LogP contribution in [0, 0.1) is 23.2 Å². The fourth-order valence-corrected chi connectivity index (χ4v) is 2.96. The molecule has 27 heavy (non-hydrogen) atoms.